The summed E-state index contributed by atoms with van der Waals surface area (Å²) in [5.74, 6) is -0.154. The molecule has 0 bridgehead atoms. The van der Waals surface area contributed by atoms with Crippen molar-refractivity contribution >= 4 is 23.2 Å². The van der Waals surface area contributed by atoms with Crippen LogP contribution in [-0.2, 0) is 16.0 Å². The van der Waals surface area contributed by atoms with E-state index < -0.39 is 0 Å². The van der Waals surface area contributed by atoms with Crippen LogP contribution in [0.1, 0.15) is 17.8 Å². The third-order valence-corrected chi connectivity index (χ3v) is 4.48. The van der Waals surface area contributed by atoms with E-state index in [9.17, 15) is 9.59 Å². The molecule has 0 spiro atoms. The summed E-state index contributed by atoms with van der Waals surface area (Å²) in [6.07, 6.45) is 1.72. The van der Waals surface area contributed by atoms with Crippen LogP contribution >= 0.6 is 11.3 Å². The van der Waals surface area contributed by atoms with Crippen molar-refractivity contribution in [2.24, 2.45) is 0 Å². The molecule has 22 heavy (non-hydrogen) atoms. The van der Waals surface area contributed by atoms with Crippen LogP contribution < -0.4 is 10.6 Å². The van der Waals surface area contributed by atoms with Gasteiger partial charge >= 0.3 is 0 Å². The van der Waals surface area contributed by atoms with Gasteiger partial charge in [-0.2, -0.15) is 0 Å². The summed E-state index contributed by atoms with van der Waals surface area (Å²) in [7, 11) is 0. The van der Waals surface area contributed by atoms with E-state index in [0.29, 0.717) is 25.8 Å². The maximum absolute atomic E-state index is 11.9. The molecule has 1 fully saturated rings. The van der Waals surface area contributed by atoms with E-state index in [0.717, 1.165) is 16.3 Å². The van der Waals surface area contributed by atoms with Crippen molar-refractivity contribution < 1.29 is 9.59 Å². The summed E-state index contributed by atoms with van der Waals surface area (Å²) in [4.78, 5) is 27.5. The van der Waals surface area contributed by atoms with Gasteiger partial charge in [-0.15, -0.1) is 11.3 Å². The normalized spacial score (nSPS) is 17.3. The number of nitrogens with one attached hydrogen (secondary N) is 2. The van der Waals surface area contributed by atoms with E-state index >= 15 is 0 Å². The first-order valence-electron chi connectivity index (χ1n) is 7.29. The number of thiazole rings is 1. The molecule has 1 unspecified atom stereocenters. The van der Waals surface area contributed by atoms with Crippen molar-refractivity contribution in [2.75, 3.05) is 6.54 Å². The summed E-state index contributed by atoms with van der Waals surface area (Å²) in [6.45, 7) is 0.535. The molecule has 5 nitrogen and oxygen atoms in total. The van der Waals surface area contributed by atoms with Crippen LogP contribution in [0.15, 0.2) is 35.7 Å². The van der Waals surface area contributed by atoms with Crippen molar-refractivity contribution in [2.45, 2.75) is 25.3 Å². The van der Waals surface area contributed by atoms with E-state index in [2.05, 4.69) is 15.6 Å². The molecule has 2 amide bonds. The number of hydrogen-bond acceptors (Lipinski definition) is 4. The summed E-state index contributed by atoms with van der Waals surface area (Å²) >= 11 is 1.60. The average molecular weight is 315 g/mol. The quantitative estimate of drug-likeness (QED) is 0.883. The van der Waals surface area contributed by atoms with Gasteiger partial charge in [-0.25, -0.2) is 4.98 Å². The number of hydrogen-bond donors (Lipinski definition) is 2. The van der Waals surface area contributed by atoms with Gasteiger partial charge in [-0.3, -0.25) is 9.59 Å². The van der Waals surface area contributed by atoms with Crippen LogP contribution in [0.2, 0.25) is 0 Å². The molecule has 1 aromatic heterocycles. The Morgan fingerprint density at radius 1 is 1.36 bits per heavy atom. The Morgan fingerprint density at radius 3 is 2.91 bits per heavy atom. The first-order valence-corrected chi connectivity index (χ1v) is 8.17. The highest BCUT2D eigenvalue weighted by molar-refractivity contribution is 7.09. The number of rotatable bonds is 5. The zero-order valence-corrected chi connectivity index (χ0v) is 12.9. The van der Waals surface area contributed by atoms with Crippen LogP contribution in [0.4, 0.5) is 0 Å². The Hall–Kier alpha value is -2.21. The Balaban J connectivity index is 1.49. The number of nitrogens with zero attached hydrogens (tertiary/aromatic N) is 1. The van der Waals surface area contributed by atoms with E-state index in [1.54, 1.807) is 11.3 Å². The molecule has 0 radical (unpaired) electrons. The Labute approximate surface area is 132 Å². The summed E-state index contributed by atoms with van der Waals surface area (Å²) in [5, 5.41) is 8.55. The molecular formula is C16H17N3O2S. The molecule has 0 saturated carbocycles. The van der Waals surface area contributed by atoms with Gasteiger partial charge in [-0.05, 0) is 6.42 Å². The average Bonchev–Trinajstić information content (AvgIpc) is 3.17. The van der Waals surface area contributed by atoms with Gasteiger partial charge in [-0.1, -0.05) is 30.3 Å². The lowest BCUT2D eigenvalue weighted by Gasteiger charge is -2.09. The number of benzene rings is 1. The monoisotopic (exact) mass is 315 g/mol. The molecule has 1 saturated heterocycles. The van der Waals surface area contributed by atoms with Gasteiger partial charge in [0.05, 0.1) is 10.7 Å². The van der Waals surface area contributed by atoms with Crippen LogP contribution in [0.3, 0.4) is 0 Å². The summed E-state index contributed by atoms with van der Waals surface area (Å²) in [5.41, 5.74) is 2.07. The zero-order valence-electron chi connectivity index (χ0n) is 12.0. The second kappa shape index (κ2) is 6.70. The fraction of sp³-hybridized carbons (Fsp3) is 0.312. The predicted octanol–water partition coefficient (Wildman–Crippen LogP) is 1.75. The van der Waals surface area contributed by atoms with Crippen molar-refractivity contribution in [3.8, 4) is 11.3 Å². The number of carbonyl (C=O) groups excluding carboxylic acids is 2. The molecule has 2 heterocycles. The molecule has 1 aliphatic rings. The summed E-state index contributed by atoms with van der Waals surface area (Å²) < 4.78 is 0. The van der Waals surface area contributed by atoms with Crippen LogP contribution in [-0.4, -0.2) is 29.4 Å². The van der Waals surface area contributed by atoms with E-state index in [-0.39, 0.29) is 17.9 Å². The van der Waals surface area contributed by atoms with Crippen molar-refractivity contribution in [1.29, 1.82) is 0 Å². The third kappa shape index (κ3) is 3.51. The highest BCUT2D eigenvalue weighted by atomic mass is 32.1. The molecule has 6 heteroatoms. The molecular weight excluding hydrogens is 298 g/mol. The second-order valence-electron chi connectivity index (χ2n) is 5.19. The maximum Gasteiger partial charge on any atom is 0.242 e. The Kier molecular flexibility index (Phi) is 4.48. The molecule has 114 valence electrons. The number of carbonyl (C=O) groups is 2. The standard InChI is InChI=1S/C16H17N3O2S/c20-14-7-6-12(18-14)16(21)17-9-8-15-19-13(10-22-15)11-4-2-1-3-5-11/h1-5,10,12H,6-9H2,(H,17,21)(H,18,20). The molecule has 3 rings (SSSR count). The SMILES string of the molecule is O=C1CCC(C(=O)NCCc2nc(-c3ccccc3)cs2)N1. The molecule has 1 aromatic carbocycles. The molecule has 1 atom stereocenters. The van der Waals surface area contributed by atoms with Gasteiger partial charge < -0.3 is 10.6 Å². The van der Waals surface area contributed by atoms with Gasteiger partial charge in [0, 0.05) is 30.3 Å². The lowest BCUT2D eigenvalue weighted by Crippen LogP contribution is -2.42. The first kappa shape index (κ1) is 14.7. The fourth-order valence-corrected chi connectivity index (χ4v) is 3.20. The van der Waals surface area contributed by atoms with Gasteiger partial charge in [0.25, 0.3) is 0 Å². The van der Waals surface area contributed by atoms with Crippen LogP contribution in [0, 0.1) is 0 Å². The Bertz CT molecular complexity index is 669. The topological polar surface area (TPSA) is 71.1 Å². The van der Waals surface area contributed by atoms with Crippen molar-refractivity contribution in [3.05, 3.63) is 40.7 Å². The molecule has 1 aliphatic heterocycles. The fourth-order valence-electron chi connectivity index (χ4n) is 2.39. The van der Waals surface area contributed by atoms with Gasteiger partial charge in [0.1, 0.15) is 6.04 Å². The minimum Gasteiger partial charge on any atom is -0.354 e. The Morgan fingerprint density at radius 2 is 2.18 bits per heavy atom. The third-order valence-electron chi connectivity index (χ3n) is 3.57. The lowest BCUT2D eigenvalue weighted by atomic mass is 10.2. The minimum absolute atomic E-state index is 0.0485. The van der Waals surface area contributed by atoms with E-state index in [1.165, 1.54) is 0 Å². The highest BCUT2D eigenvalue weighted by Gasteiger charge is 2.26. The molecule has 0 aliphatic carbocycles. The van der Waals surface area contributed by atoms with Crippen molar-refractivity contribution in [1.82, 2.24) is 15.6 Å². The van der Waals surface area contributed by atoms with Gasteiger partial charge in [0.15, 0.2) is 0 Å². The lowest BCUT2D eigenvalue weighted by molar-refractivity contribution is -0.125. The smallest absolute Gasteiger partial charge is 0.242 e. The minimum atomic E-state index is -0.372. The molecule has 2 N–H and O–H groups in total. The first-order chi connectivity index (χ1) is 10.7. The zero-order chi connectivity index (χ0) is 15.4. The predicted molar refractivity (Wildman–Crippen MR) is 85.4 cm³/mol. The summed E-state index contributed by atoms with van der Waals surface area (Å²) in [6, 6.07) is 9.65. The maximum atomic E-state index is 11.9. The van der Waals surface area contributed by atoms with Crippen molar-refractivity contribution in [3.63, 3.8) is 0 Å². The second-order valence-corrected chi connectivity index (χ2v) is 6.13. The molecule has 2 aromatic rings. The van der Waals surface area contributed by atoms with Crippen LogP contribution in [0.5, 0.6) is 0 Å². The van der Waals surface area contributed by atoms with E-state index in [4.69, 9.17) is 0 Å². The van der Waals surface area contributed by atoms with E-state index in [1.807, 2.05) is 35.7 Å². The highest BCUT2D eigenvalue weighted by Crippen LogP contribution is 2.21. The van der Waals surface area contributed by atoms with Crippen LogP contribution in [0.25, 0.3) is 11.3 Å². The number of amides is 2. The van der Waals surface area contributed by atoms with Gasteiger partial charge in [0.2, 0.25) is 11.8 Å². The largest absolute Gasteiger partial charge is 0.354 e. The number of aromatic nitrogens is 1.